The fourth-order valence-corrected chi connectivity index (χ4v) is 4.57. The van der Waals surface area contributed by atoms with E-state index in [2.05, 4.69) is 4.99 Å². The van der Waals surface area contributed by atoms with Gasteiger partial charge in [0.2, 0.25) is 5.91 Å². The number of amides is 2. The van der Waals surface area contributed by atoms with Crippen LogP contribution in [-0.4, -0.2) is 47.7 Å². The summed E-state index contributed by atoms with van der Waals surface area (Å²) in [6, 6.07) is 9.62. The summed E-state index contributed by atoms with van der Waals surface area (Å²) in [6.45, 7) is 0.358. The number of carbonyl (C=O) groups excluding carboxylic acids is 2. The van der Waals surface area contributed by atoms with E-state index >= 15 is 0 Å². The number of fused-ring (bicyclic) bond motifs is 1. The summed E-state index contributed by atoms with van der Waals surface area (Å²) in [5, 5.41) is 1.90. The third-order valence-corrected chi connectivity index (χ3v) is 6.07. The van der Waals surface area contributed by atoms with Crippen molar-refractivity contribution < 1.29 is 14.0 Å². The molecular formula is C18H17FN4O2S. The van der Waals surface area contributed by atoms with Crippen molar-refractivity contribution in [3.05, 3.63) is 58.0 Å². The van der Waals surface area contributed by atoms with Crippen molar-refractivity contribution in [1.82, 2.24) is 9.80 Å². The van der Waals surface area contributed by atoms with Crippen molar-refractivity contribution in [2.75, 3.05) is 20.1 Å². The van der Waals surface area contributed by atoms with Gasteiger partial charge in [-0.05, 0) is 23.6 Å². The van der Waals surface area contributed by atoms with Crippen LogP contribution in [0.5, 0.6) is 0 Å². The van der Waals surface area contributed by atoms with Gasteiger partial charge in [-0.1, -0.05) is 18.2 Å². The highest BCUT2D eigenvalue weighted by atomic mass is 32.1. The smallest absolute Gasteiger partial charge is 0.256 e. The van der Waals surface area contributed by atoms with Gasteiger partial charge in [-0.25, -0.2) is 9.38 Å². The first-order valence-electron chi connectivity index (χ1n) is 8.15. The quantitative estimate of drug-likeness (QED) is 0.870. The Morgan fingerprint density at radius 3 is 2.81 bits per heavy atom. The SMILES string of the molecule is CN1C(=O)C2CN(C(=O)c3ccccc3F)CC2(c2cccs2)N=C1N. The summed E-state index contributed by atoms with van der Waals surface area (Å²) in [7, 11) is 1.57. The Balaban J connectivity index is 1.77. The zero-order valence-electron chi connectivity index (χ0n) is 14.1. The summed E-state index contributed by atoms with van der Waals surface area (Å²) in [6.07, 6.45) is 0. The van der Waals surface area contributed by atoms with E-state index in [4.69, 9.17) is 5.73 Å². The number of nitrogens with two attached hydrogens (primary N) is 1. The van der Waals surface area contributed by atoms with Crippen LogP contribution in [0.1, 0.15) is 15.2 Å². The van der Waals surface area contributed by atoms with Crippen molar-refractivity contribution in [1.29, 1.82) is 0 Å². The Morgan fingerprint density at radius 2 is 2.12 bits per heavy atom. The van der Waals surface area contributed by atoms with Gasteiger partial charge in [-0.2, -0.15) is 0 Å². The van der Waals surface area contributed by atoms with E-state index in [-0.39, 0.29) is 30.5 Å². The van der Waals surface area contributed by atoms with E-state index in [0.29, 0.717) is 0 Å². The van der Waals surface area contributed by atoms with E-state index in [9.17, 15) is 14.0 Å². The molecule has 1 aromatic heterocycles. The summed E-state index contributed by atoms with van der Waals surface area (Å²) < 4.78 is 14.1. The number of hydrogen-bond acceptors (Lipinski definition) is 5. The molecule has 0 bridgehead atoms. The second-order valence-corrected chi connectivity index (χ2v) is 7.43. The van der Waals surface area contributed by atoms with Gasteiger partial charge >= 0.3 is 0 Å². The van der Waals surface area contributed by atoms with E-state index in [1.165, 1.54) is 39.3 Å². The maximum Gasteiger partial charge on any atom is 0.256 e. The van der Waals surface area contributed by atoms with Crippen molar-refractivity contribution >= 4 is 29.1 Å². The molecule has 0 aliphatic carbocycles. The lowest BCUT2D eigenvalue weighted by atomic mass is 9.84. The highest BCUT2D eigenvalue weighted by Gasteiger charge is 2.57. The average Bonchev–Trinajstić information content (AvgIpc) is 3.28. The number of carbonyl (C=O) groups is 2. The van der Waals surface area contributed by atoms with Gasteiger partial charge in [0.25, 0.3) is 5.91 Å². The summed E-state index contributed by atoms with van der Waals surface area (Å²) >= 11 is 1.47. The monoisotopic (exact) mass is 372 g/mol. The average molecular weight is 372 g/mol. The Labute approximate surface area is 153 Å². The lowest BCUT2D eigenvalue weighted by Crippen LogP contribution is -2.54. The van der Waals surface area contributed by atoms with Crippen LogP contribution in [0.15, 0.2) is 46.8 Å². The van der Waals surface area contributed by atoms with Crippen molar-refractivity contribution in [2.45, 2.75) is 5.54 Å². The van der Waals surface area contributed by atoms with E-state index < -0.39 is 23.2 Å². The Morgan fingerprint density at radius 1 is 1.35 bits per heavy atom. The van der Waals surface area contributed by atoms with Gasteiger partial charge in [0.1, 0.15) is 11.4 Å². The minimum Gasteiger partial charge on any atom is -0.369 e. The summed E-state index contributed by atoms with van der Waals surface area (Å²) in [5.74, 6) is -1.63. The molecule has 0 saturated carbocycles. The van der Waals surface area contributed by atoms with Gasteiger partial charge in [0.05, 0.1) is 18.0 Å². The van der Waals surface area contributed by atoms with Crippen LogP contribution in [0, 0.1) is 11.7 Å². The molecule has 1 aromatic carbocycles. The number of hydrogen-bond donors (Lipinski definition) is 1. The zero-order valence-corrected chi connectivity index (χ0v) is 14.9. The van der Waals surface area contributed by atoms with Gasteiger partial charge in [-0.3, -0.25) is 14.5 Å². The van der Waals surface area contributed by atoms with E-state index in [0.717, 1.165) is 4.88 Å². The first kappa shape index (κ1) is 16.7. The fourth-order valence-electron chi connectivity index (χ4n) is 3.65. The third kappa shape index (κ3) is 2.33. The van der Waals surface area contributed by atoms with Gasteiger partial charge < -0.3 is 10.6 Å². The van der Waals surface area contributed by atoms with Crippen molar-refractivity contribution in [2.24, 2.45) is 16.6 Å². The molecule has 134 valence electrons. The van der Waals surface area contributed by atoms with Crippen LogP contribution in [0.3, 0.4) is 0 Å². The van der Waals surface area contributed by atoms with Crippen LogP contribution in [-0.2, 0) is 10.3 Å². The van der Waals surface area contributed by atoms with Crippen LogP contribution < -0.4 is 5.73 Å². The molecule has 2 aliphatic heterocycles. The number of guanidine groups is 1. The normalized spacial score (nSPS) is 25.2. The lowest BCUT2D eigenvalue weighted by Gasteiger charge is -2.36. The predicted octanol–water partition coefficient (Wildman–Crippen LogP) is 1.64. The molecule has 26 heavy (non-hydrogen) atoms. The zero-order chi connectivity index (χ0) is 18.5. The van der Waals surface area contributed by atoms with Crippen molar-refractivity contribution in [3.63, 3.8) is 0 Å². The number of thiophene rings is 1. The molecule has 2 amide bonds. The Bertz CT molecular complexity index is 914. The van der Waals surface area contributed by atoms with Crippen molar-refractivity contribution in [3.8, 4) is 0 Å². The first-order valence-corrected chi connectivity index (χ1v) is 9.02. The van der Waals surface area contributed by atoms with E-state index in [1.54, 1.807) is 13.1 Å². The highest BCUT2D eigenvalue weighted by molar-refractivity contribution is 7.10. The topological polar surface area (TPSA) is 79.0 Å². The predicted molar refractivity (Wildman–Crippen MR) is 96.2 cm³/mol. The molecular weight excluding hydrogens is 355 g/mol. The Kier molecular flexibility index (Phi) is 3.80. The van der Waals surface area contributed by atoms with Crippen LogP contribution in [0.4, 0.5) is 4.39 Å². The minimum atomic E-state index is -0.914. The highest BCUT2D eigenvalue weighted by Crippen LogP contribution is 2.45. The standard InChI is InChI=1S/C18H17FN4O2S/c1-22-16(25)12-9-23(15(24)11-5-2-3-6-13(11)19)10-18(12,21-17(22)20)14-7-4-8-26-14/h2-8,12H,9-10H2,1H3,(H2,20,21). The maximum absolute atomic E-state index is 14.1. The number of nitrogens with zero attached hydrogens (tertiary/aromatic N) is 3. The molecule has 2 aliphatic rings. The van der Waals surface area contributed by atoms with Gasteiger partial charge in [-0.15, -0.1) is 11.3 Å². The molecule has 8 heteroatoms. The molecule has 3 heterocycles. The Hall–Kier alpha value is -2.74. The fraction of sp³-hybridized carbons (Fsp3) is 0.278. The second-order valence-electron chi connectivity index (χ2n) is 6.49. The number of rotatable bonds is 2. The lowest BCUT2D eigenvalue weighted by molar-refractivity contribution is -0.132. The largest absolute Gasteiger partial charge is 0.369 e. The molecule has 6 nitrogen and oxygen atoms in total. The molecule has 2 unspecified atom stereocenters. The van der Waals surface area contributed by atoms with Crippen LogP contribution in [0.2, 0.25) is 0 Å². The number of halogens is 1. The molecule has 2 N–H and O–H groups in total. The van der Waals surface area contributed by atoms with Gasteiger partial charge in [0.15, 0.2) is 5.96 Å². The third-order valence-electron chi connectivity index (χ3n) is 5.04. The maximum atomic E-state index is 14.1. The molecule has 4 rings (SSSR count). The van der Waals surface area contributed by atoms with Crippen LogP contribution in [0.25, 0.3) is 0 Å². The number of likely N-dealkylation sites (tertiary alicyclic amines) is 1. The molecule has 2 aromatic rings. The molecule has 2 atom stereocenters. The summed E-state index contributed by atoms with van der Waals surface area (Å²) in [5.41, 5.74) is 5.05. The number of benzene rings is 1. The number of aliphatic imine (C=N–C) groups is 1. The van der Waals surface area contributed by atoms with Crippen LogP contribution >= 0.6 is 11.3 Å². The molecule has 0 radical (unpaired) electrons. The molecule has 1 fully saturated rings. The molecule has 1 saturated heterocycles. The summed E-state index contributed by atoms with van der Waals surface area (Å²) in [4.78, 5) is 34.0. The van der Waals surface area contributed by atoms with Gasteiger partial charge in [0, 0.05) is 18.5 Å². The first-order chi connectivity index (χ1) is 12.4. The van der Waals surface area contributed by atoms with E-state index in [1.807, 2.05) is 17.5 Å². The second kappa shape index (κ2) is 5.91. The minimum absolute atomic E-state index is 0.00904. The molecule has 0 spiro atoms.